The molecule has 22 aromatic rings. The Balaban J connectivity index is 0.000000140. The van der Waals surface area contributed by atoms with Crippen molar-refractivity contribution in [3.8, 4) is 102 Å². The van der Waals surface area contributed by atoms with E-state index >= 15 is 0 Å². The second-order valence-electron chi connectivity index (χ2n) is 28.0. The summed E-state index contributed by atoms with van der Waals surface area (Å²) < 4.78 is 9.75. The van der Waals surface area contributed by atoms with Gasteiger partial charge in [0, 0.05) is 98.9 Å². The highest BCUT2D eigenvalue weighted by Gasteiger charge is 2.25. The Morgan fingerprint density at radius 3 is 0.991 bits per heavy atom. The van der Waals surface area contributed by atoms with Gasteiger partial charge in [0.05, 0.1) is 72.6 Å². The van der Waals surface area contributed by atoms with Gasteiger partial charge in [0.2, 0.25) is 0 Å². The summed E-state index contributed by atoms with van der Waals surface area (Å²) in [7, 11) is 0. The molecule has 0 amide bonds. The lowest BCUT2D eigenvalue weighted by molar-refractivity contribution is 1.16. The Bertz CT molecular complexity index is 7160. The van der Waals surface area contributed by atoms with Crippen molar-refractivity contribution in [1.82, 2.24) is 38.2 Å². The minimum absolute atomic E-state index is 0.697. The summed E-state index contributed by atoms with van der Waals surface area (Å²) in [6.45, 7) is 0. The molecule has 0 fully saturated rings. The Hall–Kier alpha value is -14.9. The highest BCUT2D eigenvalue weighted by atomic mass is 15.0. The van der Waals surface area contributed by atoms with Crippen LogP contribution < -0.4 is 0 Å². The summed E-state index contributed by atoms with van der Waals surface area (Å²) in [5.41, 5.74) is 26.1. The fourth-order valence-electron chi connectivity index (χ4n) is 16.6. The summed E-state index contributed by atoms with van der Waals surface area (Å²) in [6, 6.07) is 142. The number of aromatic nitrogens is 8. The van der Waals surface area contributed by atoms with E-state index in [2.05, 4.69) is 382 Å². The Morgan fingerprint density at radius 1 is 0.173 bits per heavy atom. The number of hydrogen-bond acceptors (Lipinski definition) is 4. The predicted molar refractivity (Wildman–Crippen MR) is 457 cm³/mol. The summed E-state index contributed by atoms with van der Waals surface area (Å²) in [4.78, 5) is 20.3. The summed E-state index contributed by atoms with van der Waals surface area (Å²) in [5, 5.41) is 12.3. The van der Waals surface area contributed by atoms with E-state index in [4.69, 9.17) is 19.9 Å². The molecule has 0 radical (unpaired) electrons. The van der Waals surface area contributed by atoms with Crippen LogP contribution in [0.15, 0.2) is 400 Å². The quantitative estimate of drug-likeness (QED) is 0.129. The SMILES string of the molecule is c1ccc(-c2cc(-c3ccc(-n4c5ccccc5c5c4ccc4c6ccccc6n(-c6cccc7ccccc67)c45)cc3)nc(-c3ccccc3)n2)cc1.c1ccc(-c2cccc(-n3c4ccccc4c4ccc5c(c6ccccc6n5-c5ccc(-c6nc(-c7ccccc7)cc(-c7ccccc7)n6)cc5)c43)c2)cc1. The monoisotopic (exact) mass is 1400 g/mol. The lowest BCUT2D eigenvalue weighted by Crippen LogP contribution is -1.97. The van der Waals surface area contributed by atoms with Crippen LogP contribution in [0.1, 0.15) is 0 Å². The minimum Gasteiger partial charge on any atom is -0.309 e. The van der Waals surface area contributed by atoms with Gasteiger partial charge in [-0.1, -0.05) is 297 Å². The first-order valence-corrected chi connectivity index (χ1v) is 37.3. The molecule has 514 valence electrons. The van der Waals surface area contributed by atoms with Gasteiger partial charge in [0.15, 0.2) is 11.6 Å². The molecule has 22 rings (SSSR count). The Kier molecular flexibility index (Phi) is 15.4. The first-order valence-electron chi connectivity index (χ1n) is 37.3. The normalized spacial score (nSPS) is 11.6. The number of benzene rings is 16. The standard InChI is InChI=1S/C52H34N4.C50H32N4/c1-4-15-35(16-5-1)39-21-14-22-41(33-39)56-47-25-12-10-23-42(47)43-31-32-49-50(51(43)56)44-24-11-13-26-48(44)55(49)40-29-27-38(28-30-40)52-53-45(36-17-6-2-7-18-36)34-46(54-52)37-19-8-3-9-20-37;1-3-15-34(16-4-1)42-32-43(52-50(51-42)36-17-5-2-6-18-36)35-26-28-37(29-27-35)53-46-24-12-10-22-41(46)48-47(53)31-30-40-39-21-9-11-23-45(39)54(49(40)48)44-25-13-19-33-14-7-8-20-38(33)44/h1-34H;1-32H. The molecule has 8 nitrogen and oxygen atoms in total. The molecule has 110 heavy (non-hydrogen) atoms. The average molecular weight is 1400 g/mol. The van der Waals surface area contributed by atoms with Gasteiger partial charge in [-0.2, -0.15) is 0 Å². The van der Waals surface area contributed by atoms with Crippen LogP contribution in [0, 0.1) is 0 Å². The van der Waals surface area contributed by atoms with Crippen molar-refractivity contribution in [2.24, 2.45) is 0 Å². The topological polar surface area (TPSA) is 71.3 Å². The molecule has 0 saturated heterocycles. The Labute approximate surface area is 634 Å². The van der Waals surface area contributed by atoms with Gasteiger partial charge in [-0.05, 0) is 120 Å². The summed E-state index contributed by atoms with van der Waals surface area (Å²) >= 11 is 0. The van der Waals surface area contributed by atoms with Crippen molar-refractivity contribution in [2.45, 2.75) is 0 Å². The van der Waals surface area contributed by atoms with Crippen molar-refractivity contribution in [3.05, 3.63) is 400 Å². The zero-order chi connectivity index (χ0) is 72.6. The van der Waals surface area contributed by atoms with E-state index in [0.717, 1.165) is 84.3 Å². The largest absolute Gasteiger partial charge is 0.309 e. The summed E-state index contributed by atoms with van der Waals surface area (Å²) in [5.74, 6) is 1.41. The second-order valence-corrected chi connectivity index (χ2v) is 28.0. The first kappa shape index (κ1) is 63.6. The van der Waals surface area contributed by atoms with E-state index in [-0.39, 0.29) is 0 Å². The van der Waals surface area contributed by atoms with E-state index in [1.165, 1.54) is 104 Å². The van der Waals surface area contributed by atoms with Crippen molar-refractivity contribution in [2.75, 3.05) is 0 Å². The average Bonchev–Trinajstić information content (AvgIpc) is 1.55. The highest BCUT2D eigenvalue weighted by Crippen LogP contribution is 2.46. The molecule has 0 N–H and O–H groups in total. The minimum atomic E-state index is 0.697. The molecule has 0 aliphatic rings. The van der Waals surface area contributed by atoms with Crippen LogP contribution in [0.5, 0.6) is 0 Å². The van der Waals surface area contributed by atoms with Crippen LogP contribution in [-0.2, 0) is 0 Å². The van der Waals surface area contributed by atoms with E-state index in [1.54, 1.807) is 0 Å². The van der Waals surface area contributed by atoms with Crippen molar-refractivity contribution < 1.29 is 0 Å². The number of nitrogens with zero attached hydrogens (tertiary/aromatic N) is 8. The van der Waals surface area contributed by atoms with Crippen LogP contribution in [-0.4, -0.2) is 38.2 Å². The lowest BCUT2D eigenvalue weighted by Gasteiger charge is -2.13. The van der Waals surface area contributed by atoms with E-state index in [0.29, 0.717) is 11.6 Å². The van der Waals surface area contributed by atoms with Crippen LogP contribution >= 0.6 is 0 Å². The van der Waals surface area contributed by atoms with E-state index < -0.39 is 0 Å². The van der Waals surface area contributed by atoms with Crippen LogP contribution in [0.3, 0.4) is 0 Å². The number of rotatable bonds is 11. The molecule has 0 saturated carbocycles. The smallest absolute Gasteiger partial charge is 0.160 e. The van der Waals surface area contributed by atoms with Gasteiger partial charge >= 0.3 is 0 Å². The Morgan fingerprint density at radius 2 is 0.509 bits per heavy atom. The fraction of sp³-hybridized carbons (Fsp3) is 0. The lowest BCUT2D eigenvalue weighted by atomic mass is 10.0. The maximum Gasteiger partial charge on any atom is 0.160 e. The summed E-state index contributed by atoms with van der Waals surface area (Å²) in [6.07, 6.45) is 0. The fourth-order valence-corrected chi connectivity index (χ4v) is 16.6. The maximum absolute atomic E-state index is 5.09. The molecule has 0 bridgehead atoms. The van der Waals surface area contributed by atoms with Gasteiger partial charge in [0.1, 0.15) is 0 Å². The van der Waals surface area contributed by atoms with Crippen molar-refractivity contribution in [1.29, 1.82) is 0 Å². The molecule has 0 spiro atoms. The molecular weight excluding hydrogens is 1340 g/mol. The third kappa shape index (κ3) is 10.8. The predicted octanol–water partition coefficient (Wildman–Crippen LogP) is 26.2. The maximum atomic E-state index is 5.09. The molecule has 16 aromatic carbocycles. The molecule has 8 heteroatoms. The molecule has 0 unspecified atom stereocenters. The number of hydrogen-bond donors (Lipinski definition) is 0. The number of fused-ring (bicyclic) bond motifs is 15. The van der Waals surface area contributed by atoms with Crippen molar-refractivity contribution >= 4 is 98.0 Å². The number of para-hydroxylation sites is 4. The third-order valence-electron chi connectivity index (χ3n) is 21.7. The molecule has 0 atom stereocenters. The van der Waals surface area contributed by atoms with Gasteiger partial charge < -0.3 is 18.3 Å². The molecule has 6 aromatic heterocycles. The molecule has 6 heterocycles. The van der Waals surface area contributed by atoms with Crippen LogP contribution in [0.2, 0.25) is 0 Å². The van der Waals surface area contributed by atoms with Gasteiger partial charge in [-0.3, -0.25) is 0 Å². The van der Waals surface area contributed by atoms with Crippen LogP contribution in [0.4, 0.5) is 0 Å². The second kappa shape index (κ2) is 26.6. The van der Waals surface area contributed by atoms with Gasteiger partial charge in [-0.25, -0.2) is 19.9 Å². The van der Waals surface area contributed by atoms with E-state index in [9.17, 15) is 0 Å². The molecule has 0 aliphatic carbocycles. The van der Waals surface area contributed by atoms with Crippen molar-refractivity contribution in [3.63, 3.8) is 0 Å². The molecule has 0 aliphatic heterocycles. The highest BCUT2D eigenvalue weighted by molar-refractivity contribution is 6.28. The zero-order valence-electron chi connectivity index (χ0n) is 59.7. The zero-order valence-corrected chi connectivity index (χ0v) is 59.7. The first-order chi connectivity index (χ1) is 54.6. The molecular formula is C102H66N8. The van der Waals surface area contributed by atoms with E-state index in [1.807, 2.05) is 36.4 Å². The van der Waals surface area contributed by atoms with Gasteiger partial charge in [0.25, 0.3) is 0 Å². The third-order valence-corrected chi connectivity index (χ3v) is 21.7. The van der Waals surface area contributed by atoms with Gasteiger partial charge in [-0.15, -0.1) is 0 Å². The van der Waals surface area contributed by atoms with Crippen LogP contribution in [0.25, 0.3) is 200 Å².